The second-order valence-electron chi connectivity index (χ2n) is 23.8. The van der Waals surface area contributed by atoms with Gasteiger partial charge in [0.1, 0.15) is 13.2 Å². The summed E-state index contributed by atoms with van der Waals surface area (Å²) in [6.45, 7) is 6.51. The summed E-state index contributed by atoms with van der Waals surface area (Å²) in [4.78, 5) is 38.3. The average Bonchev–Trinajstić information content (AvgIpc) is 3.49. The lowest BCUT2D eigenvalue weighted by molar-refractivity contribution is -0.167. The Kier molecular flexibility index (Phi) is 67.7. The molecule has 1 atom stereocenters. The van der Waals surface area contributed by atoms with Crippen molar-refractivity contribution in [3.05, 3.63) is 97.2 Å². The molecule has 6 nitrogen and oxygen atoms in total. The van der Waals surface area contributed by atoms with E-state index in [1.165, 1.54) is 199 Å². The van der Waals surface area contributed by atoms with Crippen molar-refractivity contribution in [3.63, 3.8) is 0 Å². The van der Waals surface area contributed by atoms with Crippen LogP contribution in [0.1, 0.15) is 355 Å². The highest BCUT2D eigenvalue weighted by Gasteiger charge is 2.19. The number of hydrogen-bond donors (Lipinski definition) is 0. The minimum Gasteiger partial charge on any atom is -0.462 e. The molecule has 0 aromatic heterocycles. The van der Waals surface area contributed by atoms with E-state index in [0.29, 0.717) is 19.3 Å². The van der Waals surface area contributed by atoms with Crippen LogP contribution in [-0.4, -0.2) is 37.2 Å². The van der Waals surface area contributed by atoms with Gasteiger partial charge in [0.05, 0.1) is 0 Å². The Morgan fingerprint density at radius 1 is 0.253 bits per heavy atom. The standard InChI is InChI=1S/C77H134O6/c1-4-7-10-13-16-19-21-23-25-27-29-31-33-34-35-36-37-38-39-40-41-42-44-45-47-49-51-53-55-58-61-64-67-70-76(79)82-73-74(72-81-75(78)69-66-63-60-57-18-15-12-9-6-3)83-77(80)71-68-65-62-59-56-54-52-50-48-46-43-32-30-28-26-24-22-20-17-14-11-8-5-2/h8,11,17,20-21,23-24,26-27,29-30,32,46,48,52,54,74H,4-7,9-10,12-16,18-19,22,25,28,31,33-45,47,49-51,53,55-73H2,1-3H3/b11-8-,20-17-,23-21-,26-24-,29-27-,32-30-,48-46-,54-52-. The van der Waals surface area contributed by atoms with Crippen LogP contribution in [0.2, 0.25) is 0 Å². The van der Waals surface area contributed by atoms with Crippen LogP contribution >= 0.6 is 0 Å². The molecule has 0 rings (SSSR count). The highest BCUT2D eigenvalue weighted by Crippen LogP contribution is 2.18. The number of ether oxygens (including phenoxy) is 3. The number of unbranched alkanes of at least 4 members (excludes halogenated alkanes) is 38. The van der Waals surface area contributed by atoms with E-state index in [-0.39, 0.29) is 31.1 Å². The SMILES string of the molecule is CC/C=C\C/C=C\C/C=C\C/C=C\C/C=C\C/C=C\CCCCCCC(=O)OC(COC(=O)CCCCCCCCCCC)COC(=O)CCCCCCCCCCCCCCCCCCCCCCC/C=C\C/C=C\CCCCCCC. The molecule has 0 fully saturated rings. The number of esters is 3. The predicted octanol–water partition coefficient (Wildman–Crippen LogP) is 24.8. The lowest BCUT2D eigenvalue weighted by Gasteiger charge is -2.18. The van der Waals surface area contributed by atoms with Gasteiger partial charge in [0, 0.05) is 19.3 Å². The molecular weight excluding hydrogens is 1020 g/mol. The highest BCUT2D eigenvalue weighted by atomic mass is 16.6. The molecule has 478 valence electrons. The maximum atomic E-state index is 12.9. The first-order valence-corrected chi connectivity index (χ1v) is 35.7. The van der Waals surface area contributed by atoms with Crippen LogP contribution in [0, 0.1) is 0 Å². The van der Waals surface area contributed by atoms with Gasteiger partial charge in [-0.1, -0.05) is 330 Å². The molecule has 0 aliphatic rings. The first kappa shape index (κ1) is 79.3. The molecule has 0 saturated heterocycles. The number of allylic oxidation sites excluding steroid dienone is 16. The Hall–Kier alpha value is -3.67. The molecule has 0 saturated carbocycles. The van der Waals surface area contributed by atoms with Crippen molar-refractivity contribution in [2.75, 3.05) is 13.2 Å². The molecule has 0 aromatic carbocycles. The highest BCUT2D eigenvalue weighted by molar-refractivity contribution is 5.71. The van der Waals surface area contributed by atoms with Crippen molar-refractivity contribution in [3.8, 4) is 0 Å². The Morgan fingerprint density at radius 2 is 0.470 bits per heavy atom. The van der Waals surface area contributed by atoms with Crippen molar-refractivity contribution in [2.24, 2.45) is 0 Å². The zero-order valence-corrected chi connectivity index (χ0v) is 54.9. The second kappa shape index (κ2) is 70.8. The fourth-order valence-electron chi connectivity index (χ4n) is 10.2. The van der Waals surface area contributed by atoms with Gasteiger partial charge in [0.15, 0.2) is 6.10 Å². The summed E-state index contributed by atoms with van der Waals surface area (Å²) in [7, 11) is 0. The maximum absolute atomic E-state index is 12.9. The Morgan fingerprint density at radius 3 is 0.735 bits per heavy atom. The first-order chi connectivity index (χ1) is 41.0. The topological polar surface area (TPSA) is 78.9 Å². The third kappa shape index (κ3) is 69.0. The monoisotopic (exact) mass is 1160 g/mol. The molecule has 1 unspecified atom stereocenters. The first-order valence-electron chi connectivity index (χ1n) is 35.7. The number of hydrogen-bond acceptors (Lipinski definition) is 6. The van der Waals surface area contributed by atoms with Crippen molar-refractivity contribution < 1.29 is 28.6 Å². The van der Waals surface area contributed by atoms with Gasteiger partial charge in [-0.2, -0.15) is 0 Å². The van der Waals surface area contributed by atoms with Gasteiger partial charge in [-0.25, -0.2) is 0 Å². The maximum Gasteiger partial charge on any atom is 0.306 e. The summed E-state index contributed by atoms with van der Waals surface area (Å²) in [6, 6.07) is 0. The van der Waals surface area contributed by atoms with Crippen LogP contribution in [0.5, 0.6) is 0 Å². The van der Waals surface area contributed by atoms with Gasteiger partial charge in [0.25, 0.3) is 0 Å². The van der Waals surface area contributed by atoms with E-state index in [9.17, 15) is 14.4 Å². The van der Waals surface area contributed by atoms with Crippen molar-refractivity contribution in [1.82, 2.24) is 0 Å². The Bertz CT molecular complexity index is 1610. The van der Waals surface area contributed by atoms with Crippen molar-refractivity contribution in [1.29, 1.82) is 0 Å². The summed E-state index contributed by atoms with van der Waals surface area (Å²) in [5.74, 6) is -0.897. The molecule has 0 aromatic rings. The largest absolute Gasteiger partial charge is 0.462 e. The average molecular weight is 1160 g/mol. The van der Waals surface area contributed by atoms with Crippen LogP contribution in [0.15, 0.2) is 97.2 Å². The quantitative estimate of drug-likeness (QED) is 0.0261. The molecular formula is C77H134O6. The van der Waals surface area contributed by atoms with Crippen LogP contribution in [0.4, 0.5) is 0 Å². The molecule has 0 heterocycles. The molecule has 83 heavy (non-hydrogen) atoms. The van der Waals surface area contributed by atoms with E-state index in [4.69, 9.17) is 14.2 Å². The summed E-state index contributed by atoms with van der Waals surface area (Å²) >= 11 is 0. The molecule has 0 bridgehead atoms. The third-order valence-electron chi connectivity index (χ3n) is 15.6. The summed E-state index contributed by atoms with van der Waals surface area (Å²) in [5, 5.41) is 0. The van der Waals surface area contributed by atoms with E-state index in [1.807, 2.05) is 0 Å². The zero-order chi connectivity index (χ0) is 59.9. The van der Waals surface area contributed by atoms with Gasteiger partial charge in [-0.05, 0) is 103 Å². The molecule has 0 radical (unpaired) electrons. The lowest BCUT2D eigenvalue weighted by Crippen LogP contribution is -2.30. The number of rotatable bonds is 65. The minimum atomic E-state index is -0.790. The molecule has 0 aliphatic carbocycles. The van der Waals surface area contributed by atoms with Gasteiger partial charge in [-0.3, -0.25) is 14.4 Å². The fraction of sp³-hybridized carbons (Fsp3) is 0.753. The van der Waals surface area contributed by atoms with Crippen LogP contribution in [-0.2, 0) is 28.6 Å². The van der Waals surface area contributed by atoms with E-state index in [1.54, 1.807) is 0 Å². The Labute approximate surface area is 515 Å². The van der Waals surface area contributed by atoms with Crippen LogP contribution < -0.4 is 0 Å². The molecule has 6 heteroatoms. The number of carbonyl (C=O) groups is 3. The van der Waals surface area contributed by atoms with E-state index >= 15 is 0 Å². The van der Waals surface area contributed by atoms with Gasteiger partial charge >= 0.3 is 17.9 Å². The van der Waals surface area contributed by atoms with E-state index in [0.717, 1.165) is 116 Å². The summed E-state index contributed by atoms with van der Waals surface area (Å²) in [6.07, 6.45) is 96.0. The van der Waals surface area contributed by atoms with Gasteiger partial charge in [-0.15, -0.1) is 0 Å². The molecule has 0 amide bonds. The third-order valence-corrected chi connectivity index (χ3v) is 15.6. The van der Waals surface area contributed by atoms with Crippen molar-refractivity contribution in [2.45, 2.75) is 361 Å². The Balaban J connectivity index is 4.13. The second-order valence-corrected chi connectivity index (χ2v) is 23.8. The summed E-state index contributed by atoms with van der Waals surface area (Å²) < 4.78 is 16.9. The normalized spacial score (nSPS) is 12.7. The molecule has 0 spiro atoms. The van der Waals surface area contributed by atoms with Crippen LogP contribution in [0.25, 0.3) is 0 Å². The summed E-state index contributed by atoms with van der Waals surface area (Å²) in [5.41, 5.74) is 0. The van der Waals surface area contributed by atoms with Gasteiger partial charge in [0.2, 0.25) is 0 Å². The number of carbonyl (C=O) groups excluding carboxylic acids is 3. The smallest absolute Gasteiger partial charge is 0.306 e. The molecule has 0 aliphatic heterocycles. The van der Waals surface area contributed by atoms with E-state index in [2.05, 4.69) is 118 Å². The molecule has 0 N–H and O–H groups in total. The van der Waals surface area contributed by atoms with Gasteiger partial charge < -0.3 is 14.2 Å². The van der Waals surface area contributed by atoms with Crippen molar-refractivity contribution >= 4 is 17.9 Å². The zero-order valence-electron chi connectivity index (χ0n) is 54.9. The van der Waals surface area contributed by atoms with E-state index < -0.39 is 6.10 Å². The fourth-order valence-corrected chi connectivity index (χ4v) is 10.2. The predicted molar refractivity (Wildman–Crippen MR) is 362 cm³/mol. The minimum absolute atomic E-state index is 0.0843. The van der Waals surface area contributed by atoms with Crippen LogP contribution in [0.3, 0.4) is 0 Å². The lowest BCUT2D eigenvalue weighted by atomic mass is 10.0.